The van der Waals surface area contributed by atoms with Crippen LogP contribution in [0.25, 0.3) is 0 Å². The Morgan fingerprint density at radius 2 is 1.96 bits per heavy atom. The van der Waals surface area contributed by atoms with Crippen LogP contribution >= 0.6 is 0 Å². The van der Waals surface area contributed by atoms with Crippen LogP contribution < -0.4 is 9.47 Å². The van der Waals surface area contributed by atoms with Crippen LogP contribution in [0.1, 0.15) is 63.4 Å². The average Bonchev–Trinajstić information content (AvgIpc) is 3.21. The van der Waals surface area contributed by atoms with E-state index in [1.807, 2.05) is 18.2 Å². The van der Waals surface area contributed by atoms with Crippen LogP contribution in [0, 0.1) is 17.2 Å². The number of esters is 1. The van der Waals surface area contributed by atoms with Crippen molar-refractivity contribution < 1.29 is 19.0 Å². The molecule has 2 aliphatic rings. The van der Waals surface area contributed by atoms with E-state index in [2.05, 4.69) is 6.07 Å². The van der Waals surface area contributed by atoms with Gasteiger partial charge in [-0.15, -0.1) is 0 Å². The van der Waals surface area contributed by atoms with Gasteiger partial charge in [-0.1, -0.05) is 12.5 Å². The summed E-state index contributed by atoms with van der Waals surface area (Å²) in [5.74, 6) is 1.41. The number of carbonyl (C=O) groups excluding carboxylic acids is 1. The Morgan fingerprint density at radius 1 is 1.19 bits per heavy atom. The van der Waals surface area contributed by atoms with Gasteiger partial charge in [0.1, 0.15) is 0 Å². The molecule has 0 spiro atoms. The molecular weight excluding hydrogens is 342 g/mol. The lowest BCUT2D eigenvalue weighted by molar-refractivity contribution is -0.142. The summed E-state index contributed by atoms with van der Waals surface area (Å²) < 4.78 is 16.5. The van der Waals surface area contributed by atoms with Crippen LogP contribution in [0.4, 0.5) is 0 Å². The topological polar surface area (TPSA) is 68.6 Å². The summed E-state index contributed by atoms with van der Waals surface area (Å²) in [7, 11) is 3.06. The van der Waals surface area contributed by atoms with Gasteiger partial charge in [-0.05, 0) is 68.6 Å². The molecule has 0 unspecified atom stereocenters. The monoisotopic (exact) mass is 371 g/mol. The summed E-state index contributed by atoms with van der Waals surface area (Å²) in [5.41, 5.74) is 0.380. The normalized spacial score (nSPS) is 25.6. The minimum Gasteiger partial charge on any atom is -0.493 e. The van der Waals surface area contributed by atoms with Gasteiger partial charge in [-0.2, -0.15) is 5.26 Å². The van der Waals surface area contributed by atoms with Gasteiger partial charge in [0.2, 0.25) is 0 Å². The van der Waals surface area contributed by atoms with Crippen LogP contribution in [0.15, 0.2) is 18.2 Å². The van der Waals surface area contributed by atoms with E-state index in [9.17, 15) is 10.1 Å². The molecule has 27 heavy (non-hydrogen) atoms. The highest BCUT2D eigenvalue weighted by atomic mass is 16.5. The Bertz CT molecular complexity index is 705. The lowest BCUT2D eigenvalue weighted by Gasteiger charge is -2.36. The third kappa shape index (κ3) is 4.37. The molecule has 2 saturated carbocycles. The van der Waals surface area contributed by atoms with E-state index in [0.717, 1.165) is 43.4 Å². The van der Waals surface area contributed by atoms with Crippen molar-refractivity contribution >= 4 is 5.97 Å². The first-order valence-electron chi connectivity index (χ1n) is 9.93. The van der Waals surface area contributed by atoms with E-state index >= 15 is 0 Å². The molecule has 0 amide bonds. The molecule has 0 aliphatic heterocycles. The van der Waals surface area contributed by atoms with Crippen molar-refractivity contribution in [1.82, 2.24) is 0 Å². The fourth-order valence-corrected chi connectivity index (χ4v) is 4.56. The van der Waals surface area contributed by atoms with E-state index in [4.69, 9.17) is 14.2 Å². The number of nitrogens with zero attached hydrogens (tertiary/aromatic N) is 1. The molecule has 0 N–H and O–H groups in total. The minimum atomic E-state index is -0.586. The first-order chi connectivity index (χ1) is 13.1. The Hall–Kier alpha value is -2.22. The van der Waals surface area contributed by atoms with Gasteiger partial charge in [0.25, 0.3) is 0 Å². The van der Waals surface area contributed by atoms with Gasteiger partial charge in [-0.3, -0.25) is 4.79 Å². The van der Waals surface area contributed by atoms with Crippen molar-refractivity contribution in [1.29, 1.82) is 5.26 Å². The zero-order chi connectivity index (χ0) is 19.3. The maximum atomic E-state index is 11.7. The van der Waals surface area contributed by atoms with E-state index in [0.29, 0.717) is 18.6 Å². The fourth-order valence-electron chi connectivity index (χ4n) is 4.56. The smallest absolute Gasteiger partial charge is 0.305 e. The molecule has 2 aliphatic carbocycles. The Morgan fingerprint density at radius 3 is 2.63 bits per heavy atom. The van der Waals surface area contributed by atoms with Crippen molar-refractivity contribution in [3.8, 4) is 17.6 Å². The summed E-state index contributed by atoms with van der Waals surface area (Å²) in [6, 6.07) is 8.43. The highest BCUT2D eigenvalue weighted by Crippen LogP contribution is 2.45. The first-order valence-corrected chi connectivity index (χ1v) is 9.93. The number of methoxy groups -OCH3 is 2. The molecule has 5 nitrogen and oxygen atoms in total. The maximum Gasteiger partial charge on any atom is 0.305 e. The molecule has 0 heterocycles. The third-order valence-electron chi connectivity index (χ3n) is 6.06. The van der Waals surface area contributed by atoms with Crippen LogP contribution in [0.3, 0.4) is 0 Å². The zero-order valence-corrected chi connectivity index (χ0v) is 16.3. The molecule has 1 aromatic carbocycles. The highest BCUT2D eigenvalue weighted by Gasteiger charge is 2.39. The number of rotatable bonds is 6. The summed E-state index contributed by atoms with van der Waals surface area (Å²) in [5, 5.41) is 10.1. The predicted octanol–water partition coefficient (Wildman–Crippen LogP) is 4.53. The number of ether oxygens (including phenoxy) is 3. The number of hydrogen-bond donors (Lipinski definition) is 0. The number of carbonyl (C=O) groups is 1. The number of nitriles is 1. The second-order valence-electron chi connectivity index (χ2n) is 7.83. The second kappa shape index (κ2) is 8.65. The van der Waals surface area contributed by atoms with Gasteiger partial charge in [0, 0.05) is 6.42 Å². The quantitative estimate of drug-likeness (QED) is 0.687. The molecule has 2 atom stereocenters. The lowest BCUT2D eigenvalue weighted by Crippen LogP contribution is -2.32. The van der Waals surface area contributed by atoms with E-state index in [1.165, 1.54) is 20.0 Å². The van der Waals surface area contributed by atoms with Crippen LogP contribution in [0.5, 0.6) is 11.5 Å². The average molecular weight is 371 g/mol. The first kappa shape index (κ1) is 19.5. The van der Waals surface area contributed by atoms with Crippen LogP contribution in [-0.4, -0.2) is 26.3 Å². The van der Waals surface area contributed by atoms with E-state index < -0.39 is 5.41 Å². The van der Waals surface area contributed by atoms with E-state index in [-0.39, 0.29) is 18.0 Å². The van der Waals surface area contributed by atoms with Gasteiger partial charge in [0.15, 0.2) is 11.5 Å². The van der Waals surface area contributed by atoms with Gasteiger partial charge < -0.3 is 14.2 Å². The summed E-state index contributed by atoms with van der Waals surface area (Å²) in [4.78, 5) is 11.7. The SMILES string of the molecule is COC(=O)C[C@@H]1CCC[C@@](C#N)(c2ccc(OC)c(OC3CCCC3)c2)C1. The zero-order valence-electron chi connectivity index (χ0n) is 16.3. The lowest BCUT2D eigenvalue weighted by atomic mass is 9.66. The maximum absolute atomic E-state index is 11.7. The Balaban J connectivity index is 1.85. The summed E-state index contributed by atoms with van der Waals surface area (Å²) in [6.07, 6.45) is 8.50. The predicted molar refractivity (Wildman–Crippen MR) is 102 cm³/mol. The largest absolute Gasteiger partial charge is 0.493 e. The Kier molecular flexibility index (Phi) is 6.26. The second-order valence-corrected chi connectivity index (χ2v) is 7.83. The minimum absolute atomic E-state index is 0.173. The number of hydrogen-bond acceptors (Lipinski definition) is 5. The highest BCUT2D eigenvalue weighted by molar-refractivity contribution is 5.69. The van der Waals surface area contributed by atoms with E-state index in [1.54, 1.807) is 7.11 Å². The van der Waals surface area contributed by atoms with Crippen molar-refractivity contribution in [2.24, 2.45) is 5.92 Å². The van der Waals surface area contributed by atoms with Gasteiger partial charge in [0.05, 0.1) is 31.8 Å². The molecule has 2 fully saturated rings. The number of benzene rings is 1. The van der Waals surface area contributed by atoms with Gasteiger partial charge in [-0.25, -0.2) is 0 Å². The molecule has 5 heteroatoms. The van der Waals surface area contributed by atoms with Crippen molar-refractivity contribution in [2.75, 3.05) is 14.2 Å². The Labute approximate surface area is 161 Å². The molecule has 0 bridgehead atoms. The van der Waals surface area contributed by atoms with Crippen molar-refractivity contribution in [3.63, 3.8) is 0 Å². The molecule has 0 radical (unpaired) electrons. The standard InChI is InChI=1S/C22H29NO4/c1-25-19-10-9-17(13-20(19)27-18-7-3-4-8-18)22(15-23)11-5-6-16(14-22)12-21(24)26-2/h9-10,13,16,18H,3-8,11-12,14H2,1-2H3/t16-,22+/m0/s1. The van der Waals surface area contributed by atoms with Crippen LogP contribution in [-0.2, 0) is 14.9 Å². The van der Waals surface area contributed by atoms with Gasteiger partial charge >= 0.3 is 5.97 Å². The molecule has 3 rings (SSSR count). The van der Waals surface area contributed by atoms with Crippen LogP contribution in [0.2, 0.25) is 0 Å². The third-order valence-corrected chi connectivity index (χ3v) is 6.06. The molecule has 0 saturated heterocycles. The molecule has 0 aromatic heterocycles. The molecule has 146 valence electrons. The van der Waals surface area contributed by atoms with Crippen molar-refractivity contribution in [3.05, 3.63) is 23.8 Å². The summed E-state index contributed by atoms with van der Waals surface area (Å²) >= 11 is 0. The molecule has 1 aromatic rings. The molecular formula is C22H29NO4. The fraction of sp³-hybridized carbons (Fsp3) is 0.636. The summed E-state index contributed by atoms with van der Waals surface area (Å²) in [6.45, 7) is 0. The van der Waals surface area contributed by atoms with Crippen molar-refractivity contribution in [2.45, 2.75) is 69.3 Å².